The number of esters is 1. The van der Waals surface area contributed by atoms with Crippen LogP contribution in [0.1, 0.15) is 42.7 Å². The van der Waals surface area contributed by atoms with Gasteiger partial charge in [0, 0.05) is 37.0 Å². The Bertz CT molecular complexity index is 1040. The molecule has 0 atom stereocenters. The summed E-state index contributed by atoms with van der Waals surface area (Å²) < 4.78 is 9.67. The van der Waals surface area contributed by atoms with Gasteiger partial charge in [-0.05, 0) is 24.6 Å². The number of anilines is 1. The molecule has 0 spiro atoms. The summed E-state index contributed by atoms with van der Waals surface area (Å²) in [6, 6.07) is 9.04. The first-order chi connectivity index (χ1) is 14.0. The molecule has 1 aliphatic heterocycles. The lowest BCUT2D eigenvalue weighted by atomic mass is 10.1. The van der Waals surface area contributed by atoms with Crippen molar-refractivity contribution >= 4 is 28.3 Å². The van der Waals surface area contributed by atoms with Gasteiger partial charge in [-0.2, -0.15) is 0 Å². The van der Waals surface area contributed by atoms with E-state index in [-0.39, 0.29) is 17.6 Å². The number of carbonyl (C=O) groups excluding carboxylic acids is 2. The molecule has 3 heterocycles. The molecule has 9 heteroatoms. The third kappa shape index (κ3) is 4.36. The molecule has 0 saturated heterocycles. The Morgan fingerprint density at radius 2 is 2.10 bits per heavy atom. The molecule has 29 heavy (non-hydrogen) atoms. The summed E-state index contributed by atoms with van der Waals surface area (Å²) in [5.41, 5.74) is 2.94. The molecule has 0 aliphatic carbocycles. The van der Waals surface area contributed by atoms with E-state index in [4.69, 9.17) is 9.26 Å². The first-order valence-corrected chi connectivity index (χ1v) is 9.96. The lowest BCUT2D eigenvalue weighted by molar-refractivity contribution is 0.0600. The standard InChI is InChI=1S/C20H20N4O4S/c1-12-9-16(23-28-12)18(25)22-20-21-15-7-8-24(11-17(15)29-20)10-13-3-5-14(6-4-13)19(26)27-2/h3-6,9H,7-8,10-11H2,1-2H3,(H,21,22,25). The Hall–Kier alpha value is -3.04. The number of hydrogen-bond donors (Lipinski definition) is 1. The van der Waals surface area contributed by atoms with Gasteiger partial charge in [-0.15, -0.1) is 11.3 Å². The van der Waals surface area contributed by atoms with Crippen molar-refractivity contribution in [3.05, 3.63) is 63.5 Å². The van der Waals surface area contributed by atoms with Crippen LogP contribution < -0.4 is 5.32 Å². The molecule has 1 amide bonds. The minimum atomic E-state index is -0.334. The number of methoxy groups -OCH3 is 1. The van der Waals surface area contributed by atoms with Crippen molar-refractivity contribution in [1.29, 1.82) is 0 Å². The van der Waals surface area contributed by atoms with Gasteiger partial charge < -0.3 is 9.26 Å². The third-order valence-electron chi connectivity index (χ3n) is 4.67. The van der Waals surface area contributed by atoms with Crippen molar-refractivity contribution in [2.75, 3.05) is 19.0 Å². The Balaban J connectivity index is 1.38. The van der Waals surface area contributed by atoms with E-state index in [0.717, 1.165) is 42.2 Å². The smallest absolute Gasteiger partial charge is 0.337 e. The number of aromatic nitrogens is 2. The maximum absolute atomic E-state index is 12.2. The Labute approximate surface area is 171 Å². The summed E-state index contributed by atoms with van der Waals surface area (Å²) in [7, 11) is 1.38. The lowest BCUT2D eigenvalue weighted by Gasteiger charge is -2.25. The third-order valence-corrected chi connectivity index (χ3v) is 5.67. The van der Waals surface area contributed by atoms with Gasteiger partial charge in [0.25, 0.3) is 5.91 Å². The van der Waals surface area contributed by atoms with Crippen LogP contribution in [0.3, 0.4) is 0 Å². The minimum absolute atomic E-state index is 0.243. The highest BCUT2D eigenvalue weighted by Crippen LogP contribution is 2.29. The van der Waals surface area contributed by atoms with Gasteiger partial charge in [0.15, 0.2) is 10.8 Å². The van der Waals surface area contributed by atoms with Crippen molar-refractivity contribution in [3.8, 4) is 0 Å². The quantitative estimate of drug-likeness (QED) is 0.643. The number of ether oxygens (including phenoxy) is 1. The SMILES string of the molecule is COC(=O)c1ccc(CN2CCc3nc(NC(=O)c4cc(C)on4)sc3C2)cc1. The monoisotopic (exact) mass is 412 g/mol. The van der Waals surface area contributed by atoms with Crippen LogP contribution in [-0.2, 0) is 24.2 Å². The number of amides is 1. The molecule has 0 fully saturated rings. The highest BCUT2D eigenvalue weighted by Gasteiger charge is 2.22. The minimum Gasteiger partial charge on any atom is -0.465 e. The van der Waals surface area contributed by atoms with E-state index >= 15 is 0 Å². The Morgan fingerprint density at radius 1 is 1.31 bits per heavy atom. The molecule has 0 unspecified atom stereocenters. The Morgan fingerprint density at radius 3 is 2.79 bits per heavy atom. The average Bonchev–Trinajstić information content (AvgIpc) is 3.33. The van der Waals surface area contributed by atoms with Crippen LogP contribution in [0.25, 0.3) is 0 Å². The maximum Gasteiger partial charge on any atom is 0.337 e. The van der Waals surface area contributed by atoms with Crippen molar-refractivity contribution in [2.24, 2.45) is 0 Å². The first kappa shape index (κ1) is 19.3. The second-order valence-corrected chi connectivity index (χ2v) is 7.90. The second-order valence-electron chi connectivity index (χ2n) is 6.81. The molecule has 4 rings (SSSR count). The molecule has 3 aromatic rings. The molecule has 2 aromatic heterocycles. The summed E-state index contributed by atoms with van der Waals surface area (Å²) in [5, 5.41) is 7.10. The van der Waals surface area contributed by atoms with Crippen molar-refractivity contribution in [1.82, 2.24) is 15.0 Å². The summed E-state index contributed by atoms with van der Waals surface area (Å²) in [4.78, 5) is 31.8. The fourth-order valence-corrected chi connectivity index (χ4v) is 4.24. The van der Waals surface area contributed by atoms with E-state index < -0.39 is 0 Å². The van der Waals surface area contributed by atoms with Gasteiger partial charge in [-0.1, -0.05) is 17.3 Å². The van der Waals surface area contributed by atoms with Crippen LogP contribution in [0.15, 0.2) is 34.9 Å². The van der Waals surface area contributed by atoms with Crippen LogP contribution in [-0.4, -0.2) is 40.6 Å². The topological polar surface area (TPSA) is 97.6 Å². The second kappa shape index (κ2) is 8.14. The largest absolute Gasteiger partial charge is 0.465 e. The van der Waals surface area contributed by atoms with Crippen LogP contribution in [0.5, 0.6) is 0 Å². The van der Waals surface area contributed by atoms with Gasteiger partial charge in [-0.25, -0.2) is 9.78 Å². The number of carbonyl (C=O) groups is 2. The molecular weight excluding hydrogens is 392 g/mol. The molecule has 0 saturated carbocycles. The van der Waals surface area contributed by atoms with E-state index in [0.29, 0.717) is 16.5 Å². The molecule has 1 N–H and O–H groups in total. The van der Waals surface area contributed by atoms with Gasteiger partial charge in [0.2, 0.25) is 0 Å². The van der Waals surface area contributed by atoms with Crippen LogP contribution >= 0.6 is 11.3 Å². The molecule has 0 bridgehead atoms. The number of benzene rings is 1. The number of fused-ring (bicyclic) bond motifs is 1. The summed E-state index contributed by atoms with van der Waals surface area (Å²) in [6.45, 7) is 4.16. The summed E-state index contributed by atoms with van der Waals surface area (Å²) in [5.74, 6) is -0.0708. The number of aryl methyl sites for hydroxylation is 1. The van der Waals surface area contributed by atoms with Crippen LogP contribution in [0.2, 0.25) is 0 Å². The van der Waals surface area contributed by atoms with Gasteiger partial charge >= 0.3 is 5.97 Å². The summed E-state index contributed by atoms with van der Waals surface area (Å²) in [6.07, 6.45) is 0.824. The normalized spacial score (nSPS) is 13.7. The molecule has 0 radical (unpaired) electrons. The molecule has 150 valence electrons. The van der Waals surface area contributed by atoms with E-state index in [1.54, 1.807) is 25.1 Å². The van der Waals surface area contributed by atoms with Gasteiger partial charge in [0.1, 0.15) is 5.76 Å². The van der Waals surface area contributed by atoms with Crippen LogP contribution in [0, 0.1) is 6.92 Å². The number of hydrogen-bond acceptors (Lipinski definition) is 8. The number of rotatable bonds is 5. The Kier molecular flexibility index (Phi) is 5.41. The van der Waals surface area contributed by atoms with Crippen molar-refractivity contribution in [3.63, 3.8) is 0 Å². The highest BCUT2D eigenvalue weighted by molar-refractivity contribution is 7.15. The van der Waals surface area contributed by atoms with Crippen LogP contribution in [0.4, 0.5) is 5.13 Å². The average molecular weight is 412 g/mol. The number of thiazole rings is 1. The molecular formula is C20H20N4O4S. The van der Waals surface area contributed by atoms with Gasteiger partial charge in [-0.3, -0.25) is 15.0 Å². The molecule has 1 aromatic carbocycles. The zero-order valence-corrected chi connectivity index (χ0v) is 16.9. The zero-order valence-electron chi connectivity index (χ0n) is 16.1. The lowest BCUT2D eigenvalue weighted by Crippen LogP contribution is -2.29. The predicted molar refractivity (Wildman–Crippen MR) is 107 cm³/mol. The highest BCUT2D eigenvalue weighted by atomic mass is 32.1. The zero-order chi connectivity index (χ0) is 20.4. The van der Waals surface area contributed by atoms with Gasteiger partial charge in [0.05, 0.1) is 18.4 Å². The molecule has 1 aliphatic rings. The predicted octanol–water partition coefficient (Wildman–Crippen LogP) is 3.04. The van der Waals surface area contributed by atoms with E-state index in [1.165, 1.54) is 18.4 Å². The number of nitrogens with zero attached hydrogens (tertiary/aromatic N) is 3. The van der Waals surface area contributed by atoms with Crippen molar-refractivity contribution < 1.29 is 18.8 Å². The summed E-state index contributed by atoms with van der Waals surface area (Å²) >= 11 is 1.48. The van der Waals surface area contributed by atoms with E-state index in [2.05, 4.69) is 20.4 Å². The fraction of sp³-hybridized carbons (Fsp3) is 0.300. The first-order valence-electron chi connectivity index (χ1n) is 9.14. The molecule has 8 nitrogen and oxygen atoms in total. The number of nitrogens with one attached hydrogen (secondary N) is 1. The maximum atomic E-state index is 12.2. The van der Waals surface area contributed by atoms with E-state index in [1.807, 2.05) is 12.1 Å². The van der Waals surface area contributed by atoms with E-state index in [9.17, 15) is 9.59 Å². The fourth-order valence-electron chi connectivity index (χ4n) is 3.19. The van der Waals surface area contributed by atoms with Crippen molar-refractivity contribution in [2.45, 2.75) is 26.4 Å².